The lowest BCUT2D eigenvalue weighted by atomic mass is 10.2. The maximum absolute atomic E-state index is 12.1. The zero-order valence-corrected chi connectivity index (χ0v) is 12.7. The smallest absolute Gasteiger partial charge is 0.340 e. The number of carbonyl (C=O) groups excluding carboxylic acids is 1. The summed E-state index contributed by atoms with van der Waals surface area (Å²) >= 11 is 5.98. The van der Waals surface area contributed by atoms with Crippen molar-refractivity contribution >= 4 is 28.6 Å². The molecule has 22 heavy (non-hydrogen) atoms. The summed E-state index contributed by atoms with van der Waals surface area (Å²) < 4.78 is 5.30. The molecule has 0 amide bonds. The molecule has 2 aromatic carbocycles. The van der Waals surface area contributed by atoms with Crippen LogP contribution in [0.25, 0.3) is 11.0 Å². The van der Waals surface area contributed by atoms with Gasteiger partial charge in [0, 0.05) is 0 Å². The van der Waals surface area contributed by atoms with E-state index in [1.54, 1.807) is 24.3 Å². The monoisotopic (exact) mass is 312 g/mol. The largest absolute Gasteiger partial charge is 0.455 e. The van der Waals surface area contributed by atoms with Gasteiger partial charge in [-0.3, -0.25) is 0 Å². The number of rotatable bonds is 3. The molecule has 0 fully saturated rings. The Morgan fingerprint density at radius 2 is 1.68 bits per heavy atom. The minimum absolute atomic E-state index is 0.0632. The third-order valence-electron chi connectivity index (χ3n) is 3.28. The Balaban J connectivity index is 1.80. The zero-order chi connectivity index (χ0) is 15.5. The topological polar surface area (TPSA) is 52.1 Å². The highest BCUT2D eigenvalue weighted by atomic mass is 35.5. The summed E-state index contributed by atoms with van der Waals surface area (Å²) in [5.41, 5.74) is 3.32. The summed E-state index contributed by atoms with van der Waals surface area (Å²) in [4.78, 5) is 21.0. The molecule has 0 saturated carbocycles. The highest BCUT2D eigenvalue weighted by Crippen LogP contribution is 2.17. The van der Waals surface area contributed by atoms with E-state index in [2.05, 4.69) is 9.97 Å². The van der Waals surface area contributed by atoms with Gasteiger partial charge >= 0.3 is 5.97 Å². The molecule has 0 N–H and O–H groups in total. The molecule has 0 bridgehead atoms. The van der Waals surface area contributed by atoms with Crippen LogP contribution in [0.4, 0.5) is 0 Å². The number of halogens is 1. The normalized spacial score (nSPS) is 10.6. The number of fused-ring (bicyclic) bond motifs is 1. The van der Waals surface area contributed by atoms with E-state index in [0.717, 1.165) is 16.7 Å². The fourth-order valence-electron chi connectivity index (χ4n) is 2.10. The lowest BCUT2D eigenvalue weighted by molar-refractivity contribution is 0.0467. The summed E-state index contributed by atoms with van der Waals surface area (Å²) in [6, 6.07) is 14.4. The van der Waals surface area contributed by atoms with Crippen molar-refractivity contribution in [2.45, 2.75) is 13.5 Å². The second-order valence-electron chi connectivity index (χ2n) is 4.80. The highest BCUT2D eigenvalue weighted by Gasteiger charge is 2.13. The van der Waals surface area contributed by atoms with Crippen molar-refractivity contribution < 1.29 is 9.53 Å². The molecule has 4 nitrogen and oxygen atoms in total. The van der Waals surface area contributed by atoms with Crippen molar-refractivity contribution in [3.05, 3.63) is 70.5 Å². The van der Waals surface area contributed by atoms with Gasteiger partial charge in [0.25, 0.3) is 0 Å². The van der Waals surface area contributed by atoms with Crippen LogP contribution in [-0.4, -0.2) is 15.9 Å². The van der Waals surface area contributed by atoms with E-state index in [1.807, 2.05) is 31.2 Å². The minimum atomic E-state index is -0.472. The van der Waals surface area contributed by atoms with Gasteiger partial charge in [-0.25, -0.2) is 14.8 Å². The van der Waals surface area contributed by atoms with Crippen LogP contribution >= 0.6 is 11.6 Å². The number of nitrogens with zero attached hydrogens (tertiary/aromatic N) is 2. The maximum Gasteiger partial charge on any atom is 0.340 e. The number of hydrogen-bond donors (Lipinski definition) is 0. The average Bonchev–Trinajstić information content (AvgIpc) is 2.53. The molecule has 0 spiro atoms. The first-order valence-corrected chi connectivity index (χ1v) is 7.17. The van der Waals surface area contributed by atoms with Crippen LogP contribution < -0.4 is 0 Å². The van der Waals surface area contributed by atoms with Crippen LogP contribution in [0.3, 0.4) is 0 Å². The molecule has 0 radical (unpaired) electrons. The second-order valence-corrected chi connectivity index (χ2v) is 5.21. The van der Waals surface area contributed by atoms with E-state index in [4.69, 9.17) is 16.3 Å². The SMILES string of the molecule is Cc1nc2ccccc2nc1COC(=O)c1ccccc1Cl. The number of ether oxygens (including phenoxy) is 1. The van der Waals surface area contributed by atoms with E-state index < -0.39 is 5.97 Å². The van der Waals surface area contributed by atoms with Gasteiger partial charge in [-0.2, -0.15) is 0 Å². The molecule has 0 saturated heterocycles. The van der Waals surface area contributed by atoms with Crippen LogP contribution in [0.1, 0.15) is 21.7 Å². The third-order valence-corrected chi connectivity index (χ3v) is 3.61. The first-order valence-electron chi connectivity index (χ1n) is 6.79. The standard InChI is InChI=1S/C17H13ClN2O2/c1-11-16(20-15-9-5-4-8-14(15)19-11)10-22-17(21)12-6-2-3-7-13(12)18/h2-9H,10H2,1H3. The lowest BCUT2D eigenvalue weighted by Crippen LogP contribution is -2.08. The second kappa shape index (κ2) is 6.12. The van der Waals surface area contributed by atoms with Gasteiger partial charge in [-0.05, 0) is 31.2 Å². The Kier molecular flexibility index (Phi) is 4.02. The first kappa shape index (κ1) is 14.5. The average molecular weight is 313 g/mol. The number of para-hydroxylation sites is 2. The Morgan fingerprint density at radius 1 is 1.05 bits per heavy atom. The number of hydrogen-bond acceptors (Lipinski definition) is 4. The minimum Gasteiger partial charge on any atom is -0.455 e. The summed E-state index contributed by atoms with van der Waals surface area (Å²) in [5, 5.41) is 0.369. The van der Waals surface area contributed by atoms with Crippen molar-refractivity contribution in [2.24, 2.45) is 0 Å². The third kappa shape index (κ3) is 2.92. The molecule has 0 aliphatic rings. The van der Waals surface area contributed by atoms with E-state index >= 15 is 0 Å². The number of esters is 1. The molecule has 5 heteroatoms. The Bertz CT molecular complexity index is 849. The zero-order valence-electron chi connectivity index (χ0n) is 11.9. The van der Waals surface area contributed by atoms with E-state index in [-0.39, 0.29) is 6.61 Å². The molecule has 1 aromatic heterocycles. The number of aryl methyl sites for hydroxylation is 1. The Hall–Kier alpha value is -2.46. The van der Waals surface area contributed by atoms with E-state index in [0.29, 0.717) is 16.3 Å². The van der Waals surface area contributed by atoms with Crippen molar-refractivity contribution in [1.82, 2.24) is 9.97 Å². The van der Waals surface area contributed by atoms with Crippen LogP contribution in [0, 0.1) is 6.92 Å². The predicted octanol–water partition coefficient (Wildman–Crippen LogP) is 3.95. The number of aromatic nitrogens is 2. The van der Waals surface area contributed by atoms with Gasteiger partial charge < -0.3 is 4.74 Å². The van der Waals surface area contributed by atoms with E-state index in [9.17, 15) is 4.79 Å². The van der Waals surface area contributed by atoms with Gasteiger partial charge in [0.2, 0.25) is 0 Å². The quantitative estimate of drug-likeness (QED) is 0.687. The van der Waals surface area contributed by atoms with Crippen LogP contribution in [0.2, 0.25) is 5.02 Å². The summed E-state index contributed by atoms with van der Waals surface area (Å²) in [6.45, 7) is 1.91. The van der Waals surface area contributed by atoms with Crippen molar-refractivity contribution in [1.29, 1.82) is 0 Å². The van der Waals surface area contributed by atoms with E-state index in [1.165, 1.54) is 0 Å². The van der Waals surface area contributed by atoms with Crippen LogP contribution in [0.15, 0.2) is 48.5 Å². The molecule has 0 aliphatic heterocycles. The fourth-order valence-corrected chi connectivity index (χ4v) is 2.31. The fraction of sp³-hybridized carbons (Fsp3) is 0.118. The molecule has 0 atom stereocenters. The molecular formula is C17H13ClN2O2. The van der Waals surface area contributed by atoms with Gasteiger partial charge in [0.05, 0.1) is 33.0 Å². The van der Waals surface area contributed by atoms with Crippen molar-refractivity contribution in [3.8, 4) is 0 Å². The van der Waals surface area contributed by atoms with Crippen molar-refractivity contribution in [2.75, 3.05) is 0 Å². The molecule has 3 aromatic rings. The summed E-state index contributed by atoms with van der Waals surface area (Å²) in [7, 11) is 0. The number of carbonyl (C=O) groups is 1. The van der Waals surface area contributed by atoms with Crippen molar-refractivity contribution in [3.63, 3.8) is 0 Å². The maximum atomic E-state index is 12.1. The summed E-state index contributed by atoms with van der Waals surface area (Å²) in [6.07, 6.45) is 0. The van der Waals surface area contributed by atoms with Crippen LogP contribution in [0.5, 0.6) is 0 Å². The van der Waals surface area contributed by atoms with Gasteiger partial charge in [0.1, 0.15) is 6.61 Å². The first-order chi connectivity index (χ1) is 10.6. The Morgan fingerprint density at radius 3 is 2.41 bits per heavy atom. The lowest BCUT2D eigenvalue weighted by Gasteiger charge is -2.08. The molecule has 1 heterocycles. The summed E-state index contributed by atoms with van der Waals surface area (Å²) in [5.74, 6) is -0.472. The van der Waals surface area contributed by atoms with Crippen LogP contribution in [-0.2, 0) is 11.3 Å². The predicted molar refractivity (Wildman–Crippen MR) is 84.8 cm³/mol. The molecule has 0 aliphatic carbocycles. The number of benzene rings is 2. The van der Waals surface area contributed by atoms with Gasteiger partial charge in [0.15, 0.2) is 0 Å². The molecule has 110 valence electrons. The molecule has 0 unspecified atom stereocenters. The van der Waals surface area contributed by atoms with Gasteiger partial charge in [-0.15, -0.1) is 0 Å². The van der Waals surface area contributed by atoms with Gasteiger partial charge in [-0.1, -0.05) is 35.9 Å². The molecular weight excluding hydrogens is 300 g/mol. The highest BCUT2D eigenvalue weighted by molar-refractivity contribution is 6.33. The molecule has 3 rings (SSSR count). The Labute approximate surface area is 132 Å².